The maximum atomic E-state index is 5.27. The molecule has 0 saturated heterocycles. The maximum absolute atomic E-state index is 5.27. The Morgan fingerprint density at radius 2 is 2.33 bits per heavy atom. The summed E-state index contributed by atoms with van der Waals surface area (Å²) in [6.45, 7) is 0.628. The third-order valence-electron chi connectivity index (χ3n) is 2.59. The van der Waals surface area contributed by atoms with E-state index in [1.165, 1.54) is 0 Å². The van der Waals surface area contributed by atoms with Crippen LogP contribution in [0.4, 0.5) is 0 Å². The number of aryl methyl sites for hydroxylation is 1. The van der Waals surface area contributed by atoms with Crippen molar-refractivity contribution in [1.82, 2.24) is 24.5 Å². The second-order valence-electron chi connectivity index (χ2n) is 3.90. The molecule has 5 nitrogen and oxygen atoms in total. The zero-order chi connectivity index (χ0) is 12.5. The highest BCUT2D eigenvalue weighted by atomic mass is 32.1. The summed E-state index contributed by atoms with van der Waals surface area (Å²) in [5, 5.41) is 13.5. The molecular weight excluding hydrogens is 266 g/mol. The first-order valence-electron chi connectivity index (χ1n) is 5.41. The summed E-state index contributed by atoms with van der Waals surface area (Å²) < 4.78 is 4.36. The van der Waals surface area contributed by atoms with Crippen LogP contribution in [-0.4, -0.2) is 24.5 Å². The minimum Gasteiger partial charge on any atom is -0.293 e. The Labute approximate surface area is 113 Å². The molecule has 0 aliphatic rings. The smallest absolute Gasteiger partial charge is 0.195 e. The zero-order valence-corrected chi connectivity index (χ0v) is 11.3. The van der Waals surface area contributed by atoms with Crippen molar-refractivity contribution in [3.63, 3.8) is 0 Å². The Kier molecular flexibility index (Phi) is 2.85. The zero-order valence-electron chi connectivity index (χ0n) is 9.70. The van der Waals surface area contributed by atoms with Crippen molar-refractivity contribution in [2.75, 3.05) is 0 Å². The Bertz CT molecular complexity index is 704. The first-order valence-corrected chi connectivity index (χ1v) is 6.70. The van der Waals surface area contributed by atoms with Crippen molar-refractivity contribution in [3.05, 3.63) is 40.2 Å². The van der Waals surface area contributed by atoms with E-state index in [1.807, 2.05) is 41.4 Å². The van der Waals surface area contributed by atoms with Gasteiger partial charge in [0.05, 0.1) is 17.1 Å². The van der Waals surface area contributed by atoms with Gasteiger partial charge >= 0.3 is 0 Å². The number of rotatable bonds is 3. The second-order valence-corrected chi connectivity index (χ2v) is 5.23. The number of hydrogen-bond donors (Lipinski definition) is 1. The van der Waals surface area contributed by atoms with Crippen LogP contribution in [0.3, 0.4) is 0 Å². The number of H-pyrrole nitrogens is 1. The van der Waals surface area contributed by atoms with E-state index in [1.54, 1.807) is 16.0 Å². The molecule has 3 aromatic heterocycles. The lowest BCUT2D eigenvalue weighted by Crippen LogP contribution is -2.03. The average Bonchev–Trinajstić information content (AvgIpc) is 3.03. The van der Waals surface area contributed by atoms with Gasteiger partial charge in [-0.25, -0.2) is 0 Å². The molecular formula is C11H11N5S2. The predicted octanol–water partition coefficient (Wildman–Crippen LogP) is 2.45. The molecule has 3 aromatic rings. The van der Waals surface area contributed by atoms with Crippen molar-refractivity contribution < 1.29 is 0 Å². The van der Waals surface area contributed by atoms with Crippen molar-refractivity contribution in [3.8, 4) is 10.7 Å². The van der Waals surface area contributed by atoms with Crippen LogP contribution < -0.4 is 0 Å². The van der Waals surface area contributed by atoms with Gasteiger partial charge in [-0.15, -0.1) is 11.3 Å². The van der Waals surface area contributed by atoms with Crippen LogP contribution in [0.5, 0.6) is 0 Å². The maximum Gasteiger partial charge on any atom is 0.195 e. The molecule has 92 valence electrons. The standard InChI is InChI=1S/C11H11N5S2/c1-15-5-4-8(14-15)7-16-10(12-13-11(16)17)9-3-2-6-18-9/h2-6H,7H2,1H3,(H,13,17). The lowest BCUT2D eigenvalue weighted by Gasteiger charge is -2.02. The Hall–Kier alpha value is -1.73. The Morgan fingerprint density at radius 3 is 3.00 bits per heavy atom. The summed E-state index contributed by atoms with van der Waals surface area (Å²) >= 11 is 6.91. The van der Waals surface area contributed by atoms with Crippen LogP contribution in [0, 0.1) is 4.77 Å². The molecule has 7 heteroatoms. The van der Waals surface area contributed by atoms with E-state index in [4.69, 9.17) is 12.2 Å². The SMILES string of the molecule is Cn1ccc(Cn2c(-c3cccs3)n[nH]c2=S)n1. The number of hydrogen-bond acceptors (Lipinski definition) is 4. The number of thiophene rings is 1. The third-order valence-corrected chi connectivity index (χ3v) is 3.77. The molecule has 0 amide bonds. The minimum atomic E-state index is 0.615. The van der Waals surface area contributed by atoms with Gasteiger partial charge in [-0.05, 0) is 29.7 Å². The fourth-order valence-electron chi connectivity index (χ4n) is 1.77. The van der Waals surface area contributed by atoms with E-state index in [-0.39, 0.29) is 0 Å². The summed E-state index contributed by atoms with van der Waals surface area (Å²) in [7, 11) is 1.90. The highest BCUT2D eigenvalue weighted by molar-refractivity contribution is 7.71. The van der Waals surface area contributed by atoms with Gasteiger partial charge in [-0.2, -0.15) is 10.2 Å². The first kappa shape index (κ1) is 11.4. The number of aromatic nitrogens is 5. The second kappa shape index (κ2) is 4.51. The fourth-order valence-corrected chi connectivity index (χ4v) is 2.69. The molecule has 0 unspecified atom stereocenters. The van der Waals surface area contributed by atoms with Crippen molar-refractivity contribution >= 4 is 23.6 Å². The third kappa shape index (κ3) is 2.02. The summed E-state index contributed by atoms with van der Waals surface area (Å²) in [6.07, 6.45) is 1.92. The van der Waals surface area contributed by atoms with Gasteiger partial charge in [0.15, 0.2) is 10.6 Å². The summed E-state index contributed by atoms with van der Waals surface area (Å²) in [6, 6.07) is 6.01. The van der Waals surface area contributed by atoms with Gasteiger partial charge in [0, 0.05) is 13.2 Å². The molecule has 0 bridgehead atoms. The normalized spacial score (nSPS) is 10.9. The molecule has 0 fully saturated rings. The van der Waals surface area contributed by atoms with Gasteiger partial charge in [0.2, 0.25) is 0 Å². The van der Waals surface area contributed by atoms with Crippen LogP contribution in [0.2, 0.25) is 0 Å². The number of nitrogens with zero attached hydrogens (tertiary/aromatic N) is 4. The van der Waals surface area contributed by atoms with Gasteiger partial charge in [0.1, 0.15) is 0 Å². The highest BCUT2D eigenvalue weighted by Crippen LogP contribution is 2.23. The quantitative estimate of drug-likeness (QED) is 0.748. The topological polar surface area (TPSA) is 51.4 Å². The highest BCUT2D eigenvalue weighted by Gasteiger charge is 2.10. The van der Waals surface area contributed by atoms with E-state index in [0.717, 1.165) is 16.4 Å². The molecule has 0 saturated carbocycles. The summed E-state index contributed by atoms with van der Waals surface area (Å²) in [4.78, 5) is 1.10. The van der Waals surface area contributed by atoms with Gasteiger partial charge in [-0.3, -0.25) is 14.3 Å². The Morgan fingerprint density at radius 1 is 1.44 bits per heavy atom. The van der Waals surface area contributed by atoms with E-state index in [9.17, 15) is 0 Å². The summed E-state index contributed by atoms with van der Waals surface area (Å²) in [5.41, 5.74) is 0.966. The van der Waals surface area contributed by atoms with E-state index < -0.39 is 0 Å². The van der Waals surface area contributed by atoms with Crippen LogP contribution in [0.1, 0.15) is 5.69 Å². The largest absolute Gasteiger partial charge is 0.293 e. The van der Waals surface area contributed by atoms with Crippen molar-refractivity contribution in [2.45, 2.75) is 6.54 Å². The van der Waals surface area contributed by atoms with Crippen molar-refractivity contribution in [1.29, 1.82) is 0 Å². The van der Waals surface area contributed by atoms with Gasteiger partial charge in [-0.1, -0.05) is 6.07 Å². The monoisotopic (exact) mass is 277 g/mol. The minimum absolute atomic E-state index is 0.615. The lowest BCUT2D eigenvalue weighted by molar-refractivity contribution is 0.704. The van der Waals surface area contributed by atoms with Gasteiger partial charge in [0.25, 0.3) is 0 Å². The fraction of sp³-hybridized carbons (Fsp3) is 0.182. The van der Waals surface area contributed by atoms with E-state index >= 15 is 0 Å². The van der Waals surface area contributed by atoms with E-state index in [0.29, 0.717) is 11.3 Å². The molecule has 1 N–H and O–H groups in total. The average molecular weight is 277 g/mol. The molecule has 0 spiro atoms. The van der Waals surface area contributed by atoms with Gasteiger partial charge < -0.3 is 0 Å². The van der Waals surface area contributed by atoms with E-state index in [2.05, 4.69) is 15.3 Å². The molecule has 0 radical (unpaired) electrons. The van der Waals surface area contributed by atoms with Crippen molar-refractivity contribution in [2.24, 2.45) is 7.05 Å². The molecule has 3 rings (SSSR count). The molecule has 0 aliphatic heterocycles. The number of aromatic amines is 1. The van der Waals surface area contributed by atoms with Crippen LogP contribution in [0.25, 0.3) is 10.7 Å². The molecule has 0 atom stereocenters. The van der Waals surface area contributed by atoms with Crippen LogP contribution in [0.15, 0.2) is 29.8 Å². The molecule has 0 aromatic carbocycles. The predicted molar refractivity (Wildman–Crippen MR) is 73.0 cm³/mol. The Balaban J connectivity index is 2.01. The first-order chi connectivity index (χ1) is 8.74. The lowest BCUT2D eigenvalue weighted by atomic mass is 10.4. The molecule has 0 aliphatic carbocycles. The van der Waals surface area contributed by atoms with Crippen LogP contribution >= 0.6 is 23.6 Å². The van der Waals surface area contributed by atoms with Crippen LogP contribution in [-0.2, 0) is 13.6 Å². The molecule has 3 heterocycles. The number of nitrogens with one attached hydrogen (secondary N) is 1. The summed E-state index contributed by atoms with van der Waals surface area (Å²) in [5.74, 6) is 0.862. The molecule has 18 heavy (non-hydrogen) atoms.